The fourth-order valence-corrected chi connectivity index (χ4v) is 4.50. The lowest BCUT2D eigenvalue weighted by Gasteiger charge is -2.35. The van der Waals surface area contributed by atoms with Crippen molar-refractivity contribution in [3.8, 4) is 22.8 Å². The first-order chi connectivity index (χ1) is 16.4. The molecule has 0 bridgehead atoms. The van der Waals surface area contributed by atoms with Crippen molar-refractivity contribution in [3.63, 3.8) is 0 Å². The van der Waals surface area contributed by atoms with E-state index in [1.807, 2.05) is 54.3 Å². The number of nitrogen functional groups attached to an aromatic ring is 1. The van der Waals surface area contributed by atoms with Crippen LogP contribution in [0, 0.1) is 6.92 Å². The predicted octanol–water partition coefficient (Wildman–Crippen LogP) is 4.48. The monoisotopic (exact) mass is 461 g/mol. The van der Waals surface area contributed by atoms with Crippen LogP contribution in [0.1, 0.15) is 33.0 Å². The Morgan fingerprint density at radius 3 is 2.56 bits per heavy atom. The second-order valence-electron chi connectivity index (χ2n) is 9.16. The zero-order valence-electron chi connectivity index (χ0n) is 19.7. The Hall–Kier alpha value is -3.78. The van der Waals surface area contributed by atoms with Crippen LogP contribution in [0.5, 0.6) is 0 Å². The summed E-state index contributed by atoms with van der Waals surface area (Å²) < 4.78 is 0. The first-order valence-electron chi connectivity index (χ1n) is 11.5. The molecule has 4 aromatic rings. The van der Waals surface area contributed by atoms with E-state index in [9.17, 15) is 4.79 Å². The Kier molecular flexibility index (Phi) is 5.75. The van der Waals surface area contributed by atoms with Gasteiger partial charge in [-0.15, -0.1) is 0 Å². The maximum atomic E-state index is 13.0. The van der Waals surface area contributed by atoms with Gasteiger partial charge in [0.25, 0.3) is 5.91 Å². The number of H-pyrrole nitrogens is 1. The molecule has 1 aliphatic rings. The lowest BCUT2D eigenvalue weighted by Crippen LogP contribution is -2.44. The van der Waals surface area contributed by atoms with Crippen LogP contribution in [-0.4, -0.2) is 68.9 Å². The van der Waals surface area contributed by atoms with E-state index in [-0.39, 0.29) is 10.2 Å². The summed E-state index contributed by atoms with van der Waals surface area (Å²) in [7, 11) is 4.20. The molecule has 0 spiro atoms. The second kappa shape index (κ2) is 8.87. The summed E-state index contributed by atoms with van der Waals surface area (Å²) in [6.07, 6.45) is 3.65. The van der Waals surface area contributed by atoms with Crippen LogP contribution in [0.25, 0.3) is 33.8 Å². The highest BCUT2D eigenvalue weighted by Crippen LogP contribution is 2.27. The van der Waals surface area contributed by atoms with Crippen LogP contribution < -0.4 is 5.73 Å². The molecule has 5 rings (SSSR count). The quantitative estimate of drug-likeness (QED) is 0.464. The molecule has 2 aromatic carbocycles. The molecule has 8 heteroatoms. The normalized spacial score (nSPS) is 14.8. The number of rotatable bonds is 4. The Morgan fingerprint density at radius 2 is 1.85 bits per heavy atom. The summed E-state index contributed by atoms with van der Waals surface area (Å²) in [5, 5.41) is 0. The van der Waals surface area contributed by atoms with E-state index >= 15 is 0 Å². The van der Waals surface area contributed by atoms with Gasteiger partial charge in [0, 0.05) is 34.5 Å². The number of benzene rings is 2. The molecule has 2 aromatic heterocycles. The average molecular weight is 462 g/mol. The van der Waals surface area contributed by atoms with E-state index in [4.69, 9.17) is 10.7 Å². The average Bonchev–Trinajstić information content (AvgIpc) is 3.27. The Balaban J connectivity index is 0.00000160. The number of nitrogens with zero attached hydrogens (tertiary/aromatic N) is 5. The summed E-state index contributed by atoms with van der Waals surface area (Å²) in [6.45, 7) is 3.61. The number of anilines is 1. The molecule has 0 radical (unpaired) electrons. The molecule has 0 atom stereocenters. The smallest absolute Gasteiger partial charge is 0.253 e. The predicted molar refractivity (Wildman–Crippen MR) is 141 cm³/mol. The van der Waals surface area contributed by atoms with E-state index in [0.29, 0.717) is 34.6 Å². The number of fused-ring (bicyclic) bond motifs is 1. The van der Waals surface area contributed by atoms with E-state index in [1.165, 1.54) is 0 Å². The highest BCUT2D eigenvalue weighted by atomic mass is 16.2. The van der Waals surface area contributed by atoms with Crippen LogP contribution in [0.15, 0.2) is 48.7 Å². The van der Waals surface area contributed by atoms with Crippen molar-refractivity contribution in [2.45, 2.75) is 25.8 Å². The van der Waals surface area contributed by atoms with Gasteiger partial charge in [0.2, 0.25) is 0 Å². The van der Waals surface area contributed by atoms with Crippen LogP contribution in [0.3, 0.4) is 0 Å². The summed E-state index contributed by atoms with van der Waals surface area (Å²) in [5.41, 5.74) is 11.8. The number of aromatic amines is 1. The number of hydrogen-bond donors (Lipinski definition) is 2. The maximum absolute atomic E-state index is 13.0. The van der Waals surface area contributed by atoms with Crippen LogP contribution in [-0.2, 0) is 0 Å². The van der Waals surface area contributed by atoms with Crippen molar-refractivity contribution >= 4 is 22.8 Å². The Labute approximate surface area is 203 Å². The van der Waals surface area contributed by atoms with Crippen LogP contribution >= 0.6 is 0 Å². The van der Waals surface area contributed by atoms with Crippen molar-refractivity contribution in [1.29, 1.82) is 0 Å². The highest BCUT2D eigenvalue weighted by molar-refractivity contribution is 5.94. The van der Waals surface area contributed by atoms with Gasteiger partial charge in [-0.2, -0.15) is 0 Å². The molecule has 1 aliphatic heterocycles. The molecule has 0 aliphatic carbocycles. The number of carbonyl (C=O) groups excluding carboxylic acids is 1. The molecule has 34 heavy (non-hydrogen) atoms. The van der Waals surface area contributed by atoms with Gasteiger partial charge in [-0.05, 0) is 63.7 Å². The first-order valence-corrected chi connectivity index (χ1v) is 11.5. The third kappa shape index (κ3) is 4.24. The fraction of sp³-hybridized carbons (Fsp3) is 0.308. The summed E-state index contributed by atoms with van der Waals surface area (Å²) >= 11 is 0. The summed E-state index contributed by atoms with van der Waals surface area (Å²) in [4.78, 5) is 34.2. The number of carbonyl (C=O) groups is 1. The van der Waals surface area contributed by atoms with Gasteiger partial charge < -0.3 is 20.5 Å². The number of nitrogens with one attached hydrogen (secondary N) is 1. The van der Waals surface area contributed by atoms with Gasteiger partial charge in [-0.1, -0.05) is 18.2 Å². The molecular weight excluding hydrogens is 426 g/mol. The first kappa shape index (κ1) is 22.0. The third-order valence-corrected chi connectivity index (χ3v) is 6.57. The molecule has 1 fully saturated rings. The molecule has 8 nitrogen and oxygen atoms in total. The number of imidazole rings is 1. The number of piperidine rings is 1. The number of hydrogen-bond acceptors (Lipinski definition) is 6. The summed E-state index contributed by atoms with van der Waals surface area (Å²) in [5.74, 6) is 0.971. The molecule has 180 valence electrons. The number of aryl methyl sites for hydroxylation is 1. The van der Waals surface area contributed by atoms with Gasteiger partial charge >= 0.3 is 0 Å². The minimum atomic E-state index is 0. The third-order valence-electron chi connectivity index (χ3n) is 6.57. The minimum Gasteiger partial charge on any atom is -0.382 e. The van der Waals surface area contributed by atoms with Crippen LogP contribution in [0.4, 0.5) is 5.82 Å². The van der Waals surface area contributed by atoms with Crippen LogP contribution in [0.2, 0.25) is 0 Å². The van der Waals surface area contributed by atoms with E-state index in [0.717, 1.165) is 48.1 Å². The van der Waals surface area contributed by atoms with Crippen molar-refractivity contribution in [1.82, 2.24) is 29.7 Å². The lowest BCUT2D eigenvalue weighted by molar-refractivity contribution is 0.0663. The Morgan fingerprint density at radius 1 is 1.12 bits per heavy atom. The van der Waals surface area contributed by atoms with Gasteiger partial charge in [0.1, 0.15) is 5.69 Å². The van der Waals surface area contributed by atoms with Gasteiger partial charge in [0.15, 0.2) is 11.6 Å². The molecule has 1 amide bonds. The molecule has 3 heterocycles. The molecular formula is C26H35N7O. The van der Waals surface area contributed by atoms with Gasteiger partial charge in [-0.3, -0.25) is 4.79 Å². The second-order valence-corrected chi connectivity index (χ2v) is 9.16. The number of aromatic nitrogens is 4. The van der Waals surface area contributed by atoms with Crippen molar-refractivity contribution < 1.29 is 9.07 Å². The van der Waals surface area contributed by atoms with Crippen molar-refractivity contribution in [2.75, 3.05) is 32.9 Å². The number of likely N-dealkylation sites (tertiary alicyclic amines) is 1. The molecule has 0 unspecified atom stereocenters. The maximum Gasteiger partial charge on any atom is 0.253 e. The number of nitrogens with two attached hydrogens (primary N) is 1. The summed E-state index contributed by atoms with van der Waals surface area (Å²) in [6, 6.07) is 14.1. The zero-order valence-corrected chi connectivity index (χ0v) is 19.7. The van der Waals surface area contributed by atoms with E-state index in [2.05, 4.69) is 33.9 Å². The van der Waals surface area contributed by atoms with E-state index < -0.39 is 0 Å². The topological polar surface area (TPSA) is 104 Å². The van der Waals surface area contributed by atoms with Crippen molar-refractivity contribution in [2.24, 2.45) is 0 Å². The molecule has 0 saturated carbocycles. The highest BCUT2D eigenvalue weighted by Gasteiger charge is 2.24. The largest absolute Gasteiger partial charge is 0.382 e. The van der Waals surface area contributed by atoms with Crippen molar-refractivity contribution in [3.05, 3.63) is 59.8 Å². The molecule has 3 N–H and O–H groups in total. The lowest BCUT2D eigenvalue weighted by atomic mass is 10.0. The molecule has 1 saturated heterocycles. The minimum absolute atomic E-state index is 0. The van der Waals surface area contributed by atoms with Gasteiger partial charge in [-0.25, -0.2) is 15.0 Å². The van der Waals surface area contributed by atoms with Gasteiger partial charge in [0.05, 0.1) is 22.9 Å². The Bertz CT molecular complexity index is 1350. The zero-order chi connectivity index (χ0) is 23.8. The SMILES string of the molecule is Cc1ccc2nc(-c3nc(-c4ccc(C(=O)N5CCC(N(C)C)CC5)cc4)cnc3N)[nH]c2c1.[HH].[HH].[HH]. The fourth-order valence-electron chi connectivity index (χ4n) is 4.50. The van der Waals surface area contributed by atoms with E-state index in [1.54, 1.807) is 6.20 Å². The standard InChI is InChI=1S/C26H29N7O.3H2/c1-16-4-9-20-21(14-16)31-25(30-20)23-24(27)28-15-22(29-23)17-5-7-18(8-6-17)26(34)33-12-10-19(11-13-33)32(2)3;;;/h4-9,14-15,19H,10-13H2,1-3H3,(H2,27,28)(H,30,31);3*1H. The number of amides is 1.